The predicted octanol–water partition coefficient (Wildman–Crippen LogP) is 3.39. The van der Waals surface area contributed by atoms with Gasteiger partial charge in [0.05, 0.1) is 23.7 Å². The maximum atomic E-state index is 11.6. The van der Waals surface area contributed by atoms with Crippen LogP contribution in [-0.4, -0.2) is 39.5 Å². The van der Waals surface area contributed by atoms with Crippen molar-refractivity contribution in [2.75, 3.05) is 16.8 Å². The number of anilines is 1. The lowest BCUT2D eigenvalue weighted by molar-refractivity contribution is 0.582. The number of rotatable bonds is 8. The number of halogens is 1. The Morgan fingerprint density at radius 2 is 1.82 bits per heavy atom. The molecule has 0 radical (unpaired) electrons. The van der Waals surface area contributed by atoms with Crippen LogP contribution in [0.15, 0.2) is 36.5 Å². The van der Waals surface area contributed by atoms with E-state index in [1.165, 1.54) is 0 Å². The van der Waals surface area contributed by atoms with Crippen molar-refractivity contribution in [1.82, 2.24) is 19.6 Å². The second-order valence-electron chi connectivity index (χ2n) is 6.59. The van der Waals surface area contributed by atoms with Gasteiger partial charge in [0.15, 0.2) is 9.84 Å². The molecule has 9 heteroatoms. The maximum absolute atomic E-state index is 11.6. The third-order valence-corrected chi connectivity index (χ3v) is 6.61. The van der Waals surface area contributed by atoms with Gasteiger partial charge in [-0.1, -0.05) is 18.5 Å². The van der Waals surface area contributed by atoms with Crippen molar-refractivity contribution in [3.63, 3.8) is 0 Å². The molecular weight excluding hydrogens is 398 g/mol. The van der Waals surface area contributed by atoms with Crippen LogP contribution >= 0.6 is 11.6 Å². The minimum atomic E-state index is -3.00. The Hall–Kier alpha value is -2.32. The minimum Gasteiger partial charge on any atom is -0.364 e. The van der Waals surface area contributed by atoms with E-state index in [0.717, 1.165) is 22.6 Å². The quantitative estimate of drug-likeness (QED) is 0.602. The molecule has 1 N–H and O–H groups in total. The van der Waals surface area contributed by atoms with Gasteiger partial charge < -0.3 is 5.32 Å². The third kappa shape index (κ3) is 4.74. The van der Waals surface area contributed by atoms with E-state index in [2.05, 4.69) is 15.5 Å². The molecule has 0 aliphatic rings. The lowest BCUT2D eigenvalue weighted by Gasteiger charge is -2.07. The summed E-state index contributed by atoms with van der Waals surface area (Å²) < 4.78 is 26.8. The highest BCUT2D eigenvalue weighted by atomic mass is 35.5. The Morgan fingerprint density at radius 1 is 1.11 bits per heavy atom. The summed E-state index contributed by atoms with van der Waals surface area (Å²) in [5.41, 5.74) is 4.03. The highest BCUT2D eigenvalue weighted by molar-refractivity contribution is 7.91. The summed E-state index contributed by atoms with van der Waals surface area (Å²) in [7, 11) is -3.00. The molecule has 28 heavy (non-hydrogen) atoms. The number of aromatic nitrogens is 4. The second kappa shape index (κ2) is 8.36. The number of aryl methyl sites for hydroxylation is 2. The molecular formula is C19H24ClN5O2S. The van der Waals surface area contributed by atoms with E-state index in [4.69, 9.17) is 11.6 Å². The lowest BCUT2D eigenvalue weighted by Crippen LogP contribution is -2.15. The van der Waals surface area contributed by atoms with Gasteiger partial charge in [-0.05, 0) is 38.1 Å². The summed E-state index contributed by atoms with van der Waals surface area (Å²) >= 11 is 5.97. The predicted molar refractivity (Wildman–Crippen MR) is 112 cm³/mol. The molecule has 0 unspecified atom stereocenters. The highest BCUT2D eigenvalue weighted by Gasteiger charge is 2.13. The average molecular weight is 422 g/mol. The van der Waals surface area contributed by atoms with E-state index >= 15 is 0 Å². The standard InChI is InChI=1S/C19H24ClN5O2S/c1-4-28(26,27)12-11-24-10-9-19(23-24)21-13-18-14(2)22-25(15(18)3)17-7-5-16(20)6-8-17/h5-10H,4,11-13H2,1-3H3,(H,21,23). The molecule has 0 fully saturated rings. The van der Waals surface area contributed by atoms with Crippen LogP contribution in [0.3, 0.4) is 0 Å². The van der Waals surface area contributed by atoms with Gasteiger partial charge in [0.2, 0.25) is 0 Å². The van der Waals surface area contributed by atoms with Gasteiger partial charge in [0.25, 0.3) is 0 Å². The topological polar surface area (TPSA) is 81.8 Å². The van der Waals surface area contributed by atoms with Crippen molar-refractivity contribution < 1.29 is 8.42 Å². The molecule has 2 aromatic heterocycles. The van der Waals surface area contributed by atoms with Crippen molar-refractivity contribution in [2.24, 2.45) is 0 Å². The zero-order chi connectivity index (χ0) is 20.3. The van der Waals surface area contributed by atoms with E-state index in [1.807, 2.05) is 48.9 Å². The van der Waals surface area contributed by atoms with Crippen molar-refractivity contribution >= 4 is 27.3 Å². The number of nitrogens with one attached hydrogen (secondary N) is 1. The van der Waals surface area contributed by atoms with Gasteiger partial charge in [-0.15, -0.1) is 0 Å². The highest BCUT2D eigenvalue weighted by Crippen LogP contribution is 2.20. The SMILES string of the molecule is CCS(=O)(=O)CCn1ccc(NCc2c(C)nn(-c3ccc(Cl)cc3)c2C)n1. The third-order valence-electron chi connectivity index (χ3n) is 4.67. The van der Waals surface area contributed by atoms with E-state index < -0.39 is 9.84 Å². The Morgan fingerprint density at radius 3 is 2.50 bits per heavy atom. The number of benzene rings is 1. The summed E-state index contributed by atoms with van der Waals surface area (Å²) in [4.78, 5) is 0. The molecule has 0 aliphatic carbocycles. The van der Waals surface area contributed by atoms with Gasteiger partial charge in [-0.2, -0.15) is 10.2 Å². The van der Waals surface area contributed by atoms with Crippen molar-refractivity contribution in [1.29, 1.82) is 0 Å². The smallest absolute Gasteiger partial charge is 0.151 e. The van der Waals surface area contributed by atoms with Crippen molar-refractivity contribution in [2.45, 2.75) is 33.9 Å². The van der Waals surface area contributed by atoms with Crippen LogP contribution in [0.2, 0.25) is 5.02 Å². The first-order valence-electron chi connectivity index (χ1n) is 9.08. The molecule has 150 valence electrons. The van der Waals surface area contributed by atoms with E-state index in [0.29, 0.717) is 23.9 Å². The summed E-state index contributed by atoms with van der Waals surface area (Å²) in [6.45, 7) is 6.59. The zero-order valence-electron chi connectivity index (χ0n) is 16.2. The molecule has 0 saturated carbocycles. The van der Waals surface area contributed by atoms with Crippen LogP contribution < -0.4 is 5.32 Å². The average Bonchev–Trinajstić information content (AvgIpc) is 3.24. The Balaban J connectivity index is 1.68. The number of sulfone groups is 1. The Bertz CT molecular complexity index is 1050. The van der Waals surface area contributed by atoms with E-state index in [1.54, 1.807) is 17.8 Å². The molecule has 0 amide bonds. The summed E-state index contributed by atoms with van der Waals surface area (Å²) in [6, 6.07) is 9.40. The molecule has 0 aliphatic heterocycles. The van der Waals surface area contributed by atoms with Gasteiger partial charge in [0.1, 0.15) is 5.82 Å². The fraction of sp³-hybridized carbons (Fsp3) is 0.368. The minimum absolute atomic E-state index is 0.0939. The van der Waals surface area contributed by atoms with Crippen LogP contribution in [0.1, 0.15) is 23.9 Å². The normalized spacial score (nSPS) is 11.7. The molecule has 1 aromatic carbocycles. The van der Waals surface area contributed by atoms with Gasteiger partial charge in [0, 0.05) is 40.8 Å². The first-order chi connectivity index (χ1) is 13.3. The summed E-state index contributed by atoms with van der Waals surface area (Å²) in [5, 5.41) is 13.0. The first kappa shape index (κ1) is 20.4. The maximum Gasteiger partial charge on any atom is 0.151 e. The van der Waals surface area contributed by atoms with Gasteiger partial charge in [-0.3, -0.25) is 4.68 Å². The lowest BCUT2D eigenvalue weighted by atomic mass is 10.2. The Kier molecular flexibility index (Phi) is 6.10. The molecule has 0 saturated heterocycles. The van der Waals surface area contributed by atoms with Crippen LogP contribution in [-0.2, 0) is 22.9 Å². The number of hydrogen-bond acceptors (Lipinski definition) is 5. The molecule has 7 nitrogen and oxygen atoms in total. The number of nitrogens with zero attached hydrogens (tertiary/aromatic N) is 4. The van der Waals surface area contributed by atoms with Crippen LogP contribution in [0.25, 0.3) is 5.69 Å². The first-order valence-corrected chi connectivity index (χ1v) is 11.3. The molecule has 2 heterocycles. The van der Waals surface area contributed by atoms with Crippen LogP contribution in [0, 0.1) is 13.8 Å². The fourth-order valence-electron chi connectivity index (χ4n) is 2.90. The molecule has 0 spiro atoms. The molecule has 3 aromatic rings. The molecule has 0 bridgehead atoms. The summed E-state index contributed by atoms with van der Waals surface area (Å²) in [5.74, 6) is 0.943. The second-order valence-corrected chi connectivity index (χ2v) is 9.50. The van der Waals surface area contributed by atoms with Gasteiger partial charge in [-0.25, -0.2) is 13.1 Å². The molecule has 3 rings (SSSR count). The van der Waals surface area contributed by atoms with Gasteiger partial charge >= 0.3 is 0 Å². The van der Waals surface area contributed by atoms with Crippen LogP contribution in [0.4, 0.5) is 5.82 Å². The largest absolute Gasteiger partial charge is 0.364 e. The number of hydrogen-bond donors (Lipinski definition) is 1. The van der Waals surface area contributed by atoms with E-state index in [-0.39, 0.29) is 11.5 Å². The van der Waals surface area contributed by atoms with Crippen molar-refractivity contribution in [3.05, 3.63) is 58.5 Å². The van der Waals surface area contributed by atoms with Crippen molar-refractivity contribution in [3.8, 4) is 5.69 Å². The Labute approximate surface area is 170 Å². The summed E-state index contributed by atoms with van der Waals surface area (Å²) in [6.07, 6.45) is 1.78. The fourth-order valence-corrected chi connectivity index (χ4v) is 3.78. The monoisotopic (exact) mass is 421 g/mol. The molecule has 0 atom stereocenters. The zero-order valence-corrected chi connectivity index (χ0v) is 17.8. The van der Waals surface area contributed by atoms with Crippen LogP contribution in [0.5, 0.6) is 0 Å². The van der Waals surface area contributed by atoms with E-state index in [9.17, 15) is 8.42 Å².